The van der Waals surface area contributed by atoms with Gasteiger partial charge in [-0.3, -0.25) is 0 Å². The van der Waals surface area contributed by atoms with Gasteiger partial charge in [0.05, 0.1) is 11.0 Å². The van der Waals surface area contributed by atoms with Crippen molar-refractivity contribution in [2.45, 2.75) is 0 Å². The van der Waals surface area contributed by atoms with Gasteiger partial charge in [0.15, 0.2) is 23.1 Å². The van der Waals surface area contributed by atoms with Gasteiger partial charge in [-0.05, 0) is 64.2 Å². The Kier molecular flexibility index (Phi) is 8.42. The normalized spacial score (nSPS) is 11.5. The number of nitrogens with zero attached hydrogens (tertiary/aromatic N) is 4. The quantitative estimate of drug-likeness (QED) is 0.161. The first kappa shape index (κ1) is 35.5. The predicted octanol–water partition coefficient (Wildman–Crippen LogP) is 14.9. The topological polar surface area (TPSA) is 56.7 Å². The fourth-order valence-corrected chi connectivity index (χ4v) is 8.88. The average molecular weight is 793 g/mol. The van der Waals surface area contributed by atoms with E-state index in [2.05, 4.69) is 211 Å². The highest BCUT2D eigenvalue weighted by Gasteiger charge is 2.21. The van der Waals surface area contributed by atoms with E-state index in [1.807, 2.05) is 12.1 Å². The van der Waals surface area contributed by atoms with Gasteiger partial charge >= 0.3 is 0 Å². The molecule has 0 saturated carbocycles. The first-order valence-electron chi connectivity index (χ1n) is 20.8. The number of fused-ring (bicyclic) bond motifs is 7. The number of furan rings is 1. The van der Waals surface area contributed by atoms with Crippen LogP contribution in [0.5, 0.6) is 0 Å². The molecule has 3 aromatic heterocycles. The summed E-state index contributed by atoms with van der Waals surface area (Å²) in [5, 5.41) is 4.53. The smallest absolute Gasteiger partial charge is 0.164 e. The Bertz CT molecular complexity index is 3510. The molecule has 3 heterocycles. The van der Waals surface area contributed by atoms with Crippen LogP contribution in [0.2, 0.25) is 0 Å². The second-order valence-corrected chi connectivity index (χ2v) is 15.6. The number of rotatable bonds is 7. The molecule has 0 saturated heterocycles. The van der Waals surface area contributed by atoms with Crippen LogP contribution in [-0.4, -0.2) is 19.5 Å². The summed E-state index contributed by atoms with van der Waals surface area (Å²) >= 11 is 0. The molecule has 5 heteroatoms. The zero-order valence-electron chi connectivity index (χ0n) is 33.5. The van der Waals surface area contributed by atoms with Gasteiger partial charge in [0.25, 0.3) is 0 Å². The van der Waals surface area contributed by atoms with Crippen LogP contribution in [0.15, 0.2) is 223 Å². The molecule has 0 atom stereocenters. The summed E-state index contributed by atoms with van der Waals surface area (Å²) in [5.74, 6) is 1.83. The second kappa shape index (κ2) is 14.7. The lowest BCUT2D eigenvalue weighted by Crippen LogP contribution is -2.00. The molecule has 0 aliphatic rings. The predicted molar refractivity (Wildman–Crippen MR) is 254 cm³/mol. The Balaban J connectivity index is 0.984. The fourth-order valence-electron chi connectivity index (χ4n) is 8.88. The van der Waals surface area contributed by atoms with Gasteiger partial charge in [0.1, 0.15) is 5.58 Å². The minimum absolute atomic E-state index is 0.602. The average Bonchev–Trinajstić information content (AvgIpc) is 3.91. The maximum atomic E-state index is 7.02. The van der Waals surface area contributed by atoms with Crippen LogP contribution in [0.3, 0.4) is 0 Å². The first-order chi connectivity index (χ1) is 30.7. The van der Waals surface area contributed by atoms with Gasteiger partial charge in [-0.2, -0.15) is 0 Å². The lowest BCUT2D eigenvalue weighted by Gasteiger charge is -2.11. The highest BCUT2D eigenvalue weighted by Crippen LogP contribution is 2.43. The third-order valence-electron chi connectivity index (χ3n) is 11.9. The molecular weight excluding hydrogens is 757 g/mol. The molecule has 0 unspecified atom stereocenters. The molecule has 0 amide bonds. The van der Waals surface area contributed by atoms with Gasteiger partial charge in [-0.25, -0.2) is 15.0 Å². The number of aromatic nitrogens is 4. The molecule has 62 heavy (non-hydrogen) atoms. The van der Waals surface area contributed by atoms with Gasteiger partial charge in [0, 0.05) is 49.5 Å². The monoisotopic (exact) mass is 792 g/mol. The zero-order chi connectivity index (χ0) is 41.0. The van der Waals surface area contributed by atoms with E-state index in [1.54, 1.807) is 0 Å². The van der Waals surface area contributed by atoms with E-state index in [9.17, 15) is 0 Å². The summed E-state index contributed by atoms with van der Waals surface area (Å²) in [6.07, 6.45) is 0. The Morgan fingerprint density at radius 2 is 0.774 bits per heavy atom. The van der Waals surface area contributed by atoms with Crippen molar-refractivity contribution >= 4 is 43.7 Å². The van der Waals surface area contributed by atoms with Crippen LogP contribution in [-0.2, 0) is 0 Å². The molecule has 290 valence electrons. The van der Waals surface area contributed by atoms with Gasteiger partial charge in [0.2, 0.25) is 0 Å². The van der Waals surface area contributed by atoms with E-state index >= 15 is 0 Å². The molecule has 0 radical (unpaired) electrons. The fraction of sp³-hybridized carbons (Fsp3) is 0. The minimum atomic E-state index is 0.602. The van der Waals surface area contributed by atoms with Crippen molar-refractivity contribution in [1.82, 2.24) is 19.5 Å². The van der Waals surface area contributed by atoms with E-state index in [4.69, 9.17) is 19.4 Å². The summed E-state index contributed by atoms with van der Waals surface area (Å²) in [6.45, 7) is 0. The third-order valence-corrected chi connectivity index (χ3v) is 11.9. The molecule has 0 aliphatic carbocycles. The lowest BCUT2D eigenvalue weighted by atomic mass is 10.0. The Morgan fingerprint density at radius 1 is 0.306 bits per heavy atom. The molecule has 0 aliphatic heterocycles. The third kappa shape index (κ3) is 6.06. The van der Waals surface area contributed by atoms with E-state index in [-0.39, 0.29) is 0 Å². The van der Waals surface area contributed by atoms with Crippen molar-refractivity contribution < 1.29 is 4.42 Å². The number of hydrogen-bond acceptors (Lipinski definition) is 4. The van der Waals surface area contributed by atoms with Crippen LogP contribution in [0.4, 0.5) is 0 Å². The van der Waals surface area contributed by atoms with Crippen LogP contribution < -0.4 is 0 Å². The highest BCUT2D eigenvalue weighted by molar-refractivity contribution is 6.22. The van der Waals surface area contributed by atoms with Crippen molar-refractivity contribution in [3.8, 4) is 73.2 Å². The molecule has 0 N–H and O–H groups in total. The Morgan fingerprint density at radius 3 is 1.42 bits per heavy atom. The van der Waals surface area contributed by atoms with Crippen molar-refractivity contribution in [2.24, 2.45) is 0 Å². The largest absolute Gasteiger partial charge is 0.453 e. The molecule has 0 fully saturated rings. The van der Waals surface area contributed by atoms with Crippen LogP contribution in [0.25, 0.3) is 117 Å². The minimum Gasteiger partial charge on any atom is -0.453 e. The lowest BCUT2D eigenvalue weighted by molar-refractivity contribution is 0.672. The molecule has 5 nitrogen and oxygen atoms in total. The number of hydrogen-bond donors (Lipinski definition) is 0. The molecule has 12 aromatic rings. The van der Waals surface area contributed by atoms with Crippen LogP contribution in [0, 0.1) is 0 Å². The molecule has 0 spiro atoms. The van der Waals surface area contributed by atoms with Crippen molar-refractivity contribution in [3.05, 3.63) is 218 Å². The SMILES string of the molecule is c1ccc(-c2cccc(-c3nc(-c4ccc(-c5cccc6c5oc5c6ccc6c7ccccc7n(-c7ccccc7)c65)cc4)nc(-c4cccc(-c5ccccc5)c4)n3)c2)cc1. The Hall–Kier alpha value is -8.41. The summed E-state index contributed by atoms with van der Waals surface area (Å²) in [6, 6.07) is 76.1. The molecular formula is C57H36N4O. The van der Waals surface area contributed by atoms with E-state index in [0.29, 0.717) is 17.5 Å². The Labute approximate surface area is 357 Å². The van der Waals surface area contributed by atoms with Crippen LogP contribution in [0.1, 0.15) is 0 Å². The second-order valence-electron chi connectivity index (χ2n) is 15.6. The summed E-state index contributed by atoms with van der Waals surface area (Å²) in [4.78, 5) is 15.4. The van der Waals surface area contributed by atoms with E-state index < -0.39 is 0 Å². The summed E-state index contributed by atoms with van der Waals surface area (Å²) in [7, 11) is 0. The van der Waals surface area contributed by atoms with Gasteiger partial charge in [-0.1, -0.05) is 182 Å². The van der Waals surface area contributed by atoms with Crippen LogP contribution >= 0.6 is 0 Å². The maximum Gasteiger partial charge on any atom is 0.164 e. The van der Waals surface area contributed by atoms with Crippen molar-refractivity contribution in [3.63, 3.8) is 0 Å². The summed E-state index contributed by atoms with van der Waals surface area (Å²) < 4.78 is 9.35. The van der Waals surface area contributed by atoms with E-state index in [0.717, 1.165) is 94.1 Å². The maximum absolute atomic E-state index is 7.02. The first-order valence-corrected chi connectivity index (χ1v) is 20.8. The standard InChI is InChI=1S/C57H36N4O/c1-4-15-37(16-5-1)41-19-12-21-43(35-41)56-58-55(59-57(60-56)44-22-13-20-42(36-44)38-17-6-2-7-18-38)40-31-29-39(30-32-40)46-26-14-27-49-50-34-33-48-47-25-10-11-28-51(47)61(45-23-8-3-9-24-45)52(48)54(50)62-53(46)49/h1-36H. The highest BCUT2D eigenvalue weighted by atomic mass is 16.3. The summed E-state index contributed by atoms with van der Waals surface area (Å²) in [5.41, 5.74) is 14.3. The van der Waals surface area contributed by atoms with Gasteiger partial charge < -0.3 is 8.98 Å². The molecule has 12 rings (SSSR count). The number of para-hydroxylation sites is 3. The number of benzene rings is 9. The van der Waals surface area contributed by atoms with E-state index in [1.165, 1.54) is 5.39 Å². The zero-order valence-corrected chi connectivity index (χ0v) is 33.5. The molecule has 9 aromatic carbocycles. The van der Waals surface area contributed by atoms with Gasteiger partial charge in [-0.15, -0.1) is 0 Å². The van der Waals surface area contributed by atoms with Crippen molar-refractivity contribution in [2.75, 3.05) is 0 Å². The van der Waals surface area contributed by atoms with Crippen molar-refractivity contribution in [1.29, 1.82) is 0 Å². The molecule has 0 bridgehead atoms.